The second-order valence-electron chi connectivity index (χ2n) is 5.92. The Kier molecular flexibility index (Phi) is 4.98. The summed E-state index contributed by atoms with van der Waals surface area (Å²) in [4.78, 5) is 2.20. The quantitative estimate of drug-likeness (QED) is 0.905. The van der Waals surface area contributed by atoms with E-state index in [1.54, 1.807) is 12.3 Å². The van der Waals surface area contributed by atoms with Crippen LogP contribution in [0.4, 0.5) is 19.0 Å². The van der Waals surface area contributed by atoms with Crippen LogP contribution in [0, 0.1) is 0 Å². The van der Waals surface area contributed by atoms with Gasteiger partial charge in [-0.15, -0.1) is 5.10 Å². The summed E-state index contributed by atoms with van der Waals surface area (Å²) in [5.41, 5.74) is 0.666. The van der Waals surface area contributed by atoms with E-state index in [1.807, 2.05) is 12.1 Å². The first-order valence-electron chi connectivity index (χ1n) is 7.84. The lowest BCUT2D eigenvalue weighted by atomic mass is 10.0. The van der Waals surface area contributed by atoms with Crippen LogP contribution in [-0.4, -0.2) is 50.2 Å². The smallest absolute Gasteiger partial charge is 0.366 e. The molecule has 1 saturated heterocycles. The third-order valence-corrected chi connectivity index (χ3v) is 3.93. The summed E-state index contributed by atoms with van der Waals surface area (Å²) in [6, 6.07) is 5.70. The van der Waals surface area contributed by atoms with Crippen molar-refractivity contribution in [2.45, 2.75) is 38.1 Å². The average molecular weight is 340 g/mol. The molecule has 2 aromatic rings. The molecule has 1 aliphatic heterocycles. The van der Waals surface area contributed by atoms with Crippen molar-refractivity contribution in [3.8, 4) is 0 Å². The SMILES string of the molecule is FC(F)(F)Cn1ccc(CN2CCC(Nc3cccnn3)CC2)n1. The highest BCUT2D eigenvalue weighted by Gasteiger charge is 2.28. The summed E-state index contributed by atoms with van der Waals surface area (Å²) in [5, 5.41) is 15.2. The van der Waals surface area contributed by atoms with Gasteiger partial charge in [-0.1, -0.05) is 0 Å². The lowest BCUT2D eigenvalue weighted by molar-refractivity contribution is -0.142. The van der Waals surface area contributed by atoms with Gasteiger partial charge in [0, 0.05) is 38.1 Å². The molecular formula is C15H19F3N6. The Morgan fingerprint density at radius 3 is 2.67 bits per heavy atom. The number of rotatable bonds is 5. The maximum absolute atomic E-state index is 12.3. The number of anilines is 1. The van der Waals surface area contributed by atoms with E-state index in [1.165, 1.54) is 6.20 Å². The zero-order chi connectivity index (χ0) is 17.0. The minimum Gasteiger partial charge on any atom is -0.366 e. The predicted octanol–water partition coefficient (Wildman–Crippen LogP) is 2.31. The maximum atomic E-state index is 12.3. The van der Waals surface area contributed by atoms with Crippen LogP contribution in [0.15, 0.2) is 30.6 Å². The lowest BCUT2D eigenvalue weighted by Gasteiger charge is -2.32. The summed E-state index contributed by atoms with van der Waals surface area (Å²) in [5.74, 6) is 0.766. The molecule has 0 amide bonds. The molecule has 0 aliphatic carbocycles. The standard InChI is InChI=1S/C15H19F3N6/c16-15(17,18)11-24-9-5-13(22-24)10-23-7-3-12(4-8-23)20-14-2-1-6-19-21-14/h1-2,5-6,9,12H,3-4,7-8,10-11H2,(H,20,21). The zero-order valence-corrected chi connectivity index (χ0v) is 13.1. The van der Waals surface area contributed by atoms with Crippen molar-refractivity contribution in [3.63, 3.8) is 0 Å². The average Bonchev–Trinajstić information content (AvgIpc) is 2.95. The molecule has 2 aromatic heterocycles. The van der Waals surface area contributed by atoms with Crippen LogP contribution in [0.1, 0.15) is 18.5 Å². The summed E-state index contributed by atoms with van der Waals surface area (Å²) < 4.78 is 38.0. The number of alkyl halides is 3. The van der Waals surface area contributed by atoms with Gasteiger partial charge in [-0.3, -0.25) is 9.58 Å². The lowest BCUT2D eigenvalue weighted by Crippen LogP contribution is -2.38. The molecule has 0 spiro atoms. The Hall–Kier alpha value is -2.16. The molecule has 3 rings (SSSR count). The second-order valence-corrected chi connectivity index (χ2v) is 5.92. The van der Waals surface area contributed by atoms with Crippen LogP contribution in [-0.2, 0) is 13.1 Å². The van der Waals surface area contributed by atoms with Crippen LogP contribution in [0.2, 0.25) is 0 Å². The minimum atomic E-state index is -4.24. The number of aromatic nitrogens is 4. The molecule has 0 aromatic carbocycles. The molecule has 0 atom stereocenters. The number of piperidine rings is 1. The van der Waals surface area contributed by atoms with E-state index in [4.69, 9.17) is 0 Å². The fourth-order valence-electron chi connectivity index (χ4n) is 2.81. The van der Waals surface area contributed by atoms with E-state index in [0.29, 0.717) is 18.3 Å². The predicted molar refractivity (Wildman–Crippen MR) is 82.2 cm³/mol. The Bertz CT molecular complexity index is 634. The number of likely N-dealkylation sites (tertiary alicyclic amines) is 1. The number of hydrogen-bond acceptors (Lipinski definition) is 5. The molecule has 3 heterocycles. The van der Waals surface area contributed by atoms with E-state index < -0.39 is 12.7 Å². The maximum Gasteiger partial charge on any atom is 0.408 e. The Morgan fingerprint density at radius 1 is 1.21 bits per heavy atom. The van der Waals surface area contributed by atoms with Gasteiger partial charge in [-0.05, 0) is 31.0 Å². The topological polar surface area (TPSA) is 58.9 Å². The molecule has 0 radical (unpaired) electrons. The molecular weight excluding hydrogens is 321 g/mol. The molecule has 1 aliphatic rings. The van der Waals surface area contributed by atoms with E-state index in [2.05, 4.69) is 25.5 Å². The first kappa shape index (κ1) is 16.7. The number of nitrogens with one attached hydrogen (secondary N) is 1. The first-order valence-corrected chi connectivity index (χ1v) is 7.84. The van der Waals surface area contributed by atoms with Crippen LogP contribution >= 0.6 is 0 Å². The largest absolute Gasteiger partial charge is 0.408 e. The summed E-state index contributed by atoms with van der Waals surface area (Å²) in [6.07, 6.45) is 0.657. The van der Waals surface area contributed by atoms with Gasteiger partial charge >= 0.3 is 6.18 Å². The monoisotopic (exact) mass is 340 g/mol. The van der Waals surface area contributed by atoms with Gasteiger partial charge in [0.1, 0.15) is 12.4 Å². The molecule has 0 saturated carbocycles. The van der Waals surface area contributed by atoms with Crippen molar-refractivity contribution < 1.29 is 13.2 Å². The molecule has 6 nitrogen and oxygen atoms in total. The van der Waals surface area contributed by atoms with Gasteiger partial charge in [-0.2, -0.15) is 23.4 Å². The molecule has 1 N–H and O–H groups in total. The van der Waals surface area contributed by atoms with E-state index in [9.17, 15) is 13.2 Å². The number of halogens is 3. The van der Waals surface area contributed by atoms with Crippen LogP contribution in [0.25, 0.3) is 0 Å². The highest BCUT2D eigenvalue weighted by molar-refractivity contribution is 5.33. The van der Waals surface area contributed by atoms with Crippen LogP contribution in [0.3, 0.4) is 0 Å². The number of hydrogen-bond donors (Lipinski definition) is 1. The molecule has 24 heavy (non-hydrogen) atoms. The molecule has 130 valence electrons. The Balaban J connectivity index is 1.45. The van der Waals surface area contributed by atoms with Gasteiger partial charge in [0.05, 0.1) is 5.69 Å². The van der Waals surface area contributed by atoms with Crippen molar-refractivity contribution in [1.82, 2.24) is 24.9 Å². The van der Waals surface area contributed by atoms with E-state index >= 15 is 0 Å². The molecule has 9 heteroatoms. The van der Waals surface area contributed by atoms with Gasteiger partial charge in [0.15, 0.2) is 0 Å². The van der Waals surface area contributed by atoms with Gasteiger partial charge < -0.3 is 5.32 Å². The third kappa shape index (κ3) is 4.92. The van der Waals surface area contributed by atoms with Gasteiger partial charge in [0.25, 0.3) is 0 Å². The highest BCUT2D eigenvalue weighted by atomic mass is 19.4. The van der Waals surface area contributed by atoms with Crippen molar-refractivity contribution >= 4 is 5.82 Å². The Morgan fingerprint density at radius 2 is 2.00 bits per heavy atom. The van der Waals surface area contributed by atoms with E-state index in [0.717, 1.165) is 36.4 Å². The fourth-order valence-corrected chi connectivity index (χ4v) is 2.81. The molecule has 0 bridgehead atoms. The van der Waals surface area contributed by atoms with Gasteiger partial charge in [-0.25, -0.2) is 0 Å². The van der Waals surface area contributed by atoms with E-state index in [-0.39, 0.29) is 0 Å². The fraction of sp³-hybridized carbons (Fsp3) is 0.533. The summed E-state index contributed by atoms with van der Waals surface area (Å²) in [7, 11) is 0. The second kappa shape index (κ2) is 7.16. The number of nitrogens with zero attached hydrogens (tertiary/aromatic N) is 5. The van der Waals surface area contributed by atoms with Crippen molar-refractivity contribution in [2.75, 3.05) is 18.4 Å². The first-order chi connectivity index (χ1) is 11.5. The van der Waals surface area contributed by atoms with Gasteiger partial charge in [0.2, 0.25) is 0 Å². The van der Waals surface area contributed by atoms with Crippen LogP contribution < -0.4 is 5.32 Å². The van der Waals surface area contributed by atoms with Crippen molar-refractivity contribution in [1.29, 1.82) is 0 Å². The van der Waals surface area contributed by atoms with Crippen LogP contribution in [0.5, 0.6) is 0 Å². The highest BCUT2D eigenvalue weighted by Crippen LogP contribution is 2.18. The molecule has 0 unspecified atom stereocenters. The van der Waals surface area contributed by atoms with Crippen molar-refractivity contribution in [3.05, 3.63) is 36.3 Å². The van der Waals surface area contributed by atoms with Crippen molar-refractivity contribution in [2.24, 2.45) is 0 Å². The summed E-state index contributed by atoms with van der Waals surface area (Å²) in [6.45, 7) is 1.26. The third-order valence-electron chi connectivity index (χ3n) is 3.93. The normalized spacial score (nSPS) is 17.1. The zero-order valence-electron chi connectivity index (χ0n) is 13.1. The summed E-state index contributed by atoms with van der Waals surface area (Å²) >= 11 is 0. The minimum absolute atomic E-state index is 0.334. The molecule has 1 fully saturated rings. The Labute approximate surface area is 137 Å².